The predicted octanol–water partition coefficient (Wildman–Crippen LogP) is 0.778. The summed E-state index contributed by atoms with van der Waals surface area (Å²) < 4.78 is 10.2. The normalized spacial score (nSPS) is 12.6. The molecular weight excluding hydrogens is 208 g/mol. The molecule has 0 aromatic carbocycles. The van der Waals surface area contributed by atoms with Crippen LogP contribution in [0.4, 0.5) is 0 Å². The van der Waals surface area contributed by atoms with Crippen LogP contribution in [0.15, 0.2) is 29.0 Å². The molecule has 2 rings (SSSR count). The molecule has 2 heterocycles. The van der Waals surface area contributed by atoms with Crippen LogP contribution in [-0.4, -0.2) is 28.8 Å². The Labute approximate surface area is 92.4 Å². The van der Waals surface area contributed by atoms with E-state index >= 15 is 0 Å². The highest BCUT2D eigenvalue weighted by atomic mass is 16.5. The van der Waals surface area contributed by atoms with Crippen LogP contribution in [0.1, 0.15) is 12.0 Å². The van der Waals surface area contributed by atoms with Gasteiger partial charge in [-0.1, -0.05) is 5.16 Å². The van der Waals surface area contributed by atoms with Gasteiger partial charge < -0.3 is 15.0 Å². The zero-order chi connectivity index (χ0) is 11.4. The highest BCUT2D eigenvalue weighted by molar-refractivity contribution is 5.52. The lowest BCUT2D eigenvalue weighted by molar-refractivity contribution is 0.0804. The lowest BCUT2D eigenvalue weighted by Gasteiger charge is -2.05. The van der Waals surface area contributed by atoms with Gasteiger partial charge in [0.05, 0.1) is 0 Å². The second-order valence-corrected chi connectivity index (χ2v) is 3.15. The van der Waals surface area contributed by atoms with Gasteiger partial charge in [0.2, 0.25) is 5.82 Å². The largest absolute Gasteiger partial charge is 0.370 e. The molecule has 0 saturated carbocycles. The second-order valence-electron chi connectivity index (χ2n) is 3.15. The Kier molecular flexibility index (Phi) is 3.23. The number of nitrogens with two attached hydrogens (primary N) is 1. The van der Waals surface area contributed by atoms with Gasteiger partial charge in [0, 0.05) is 31.6 Å². The minimum atomic E-state index is -0.358. The van der Waals surface area contributed by atoms with Gasteiger partial charge in [-0.15, -0.1) is 0 Å². The zero-order valence-electron chi connectivity index (χ0n) is 8.83. The van der Waals surface area contributed by atoms with E-state index in [-0.39, 0.29) is 6.10 Å². The molecule has 2 N–H and O–H groups in total. The standard InChI is InChI=1S/C10H12N4O2/c1-15-8(6-11)10-13-9(14-16-10)7-2-4-12-5-3-7/h2-5,8H,6,11H2,1H3. The second kappa shape index (κ2) is 4.82. The van der Waals surface area contributed by atoms with Crippen molar-refractivity contribution in [1.29, 1.82) is 0 Å². The summed E-state index contributed by atoms with van der Waals surface area (Å²) in [6, 6.07) is 3.61. The fraction of sp³-hybridized carbons (Fsp3) is 0.300. The van der Waals surface area contributed by atoms with E-state index in [1.807, 2.05) is 0 Å². The molecule has 2 aromatic heterocycles. The van der Waals surface area contributed by atoms with Crippen molar-refractivity contribution in [2.45, 2.75) is 6.10 Å². The van der Waals surface area contributed by atoms with Crippen LogP contribution in [0.2, 0.25) is 0 Å². The van der Waals surface area contributed by atoms with Crippen LogP contribution >= 0.6 is 0 Å². The van der Waals surface area contributed by atoms with Gasteiger partial charge in [-0.3, -0.25) is 4.98 Å². The van der Waals surface area contributed by atoms with Gasteiger partial charge in [-0.2, -0.15) is 4.98 Å². The van der Waals surface area contributed by atoms with Gasteiger partial charge in [-0.25, -0.2) is 0 Å². The first-order chi connectivity index (χ1) is 7.85. The topological polar surface area (TPSA) is 87.1 Å². The van der Waals surface area contributed by atoms with Crippen LogP contribution in [0.5, 0.6) is 0 Å². The van der Waals surface area contributed by atoms with Gasteiger partial charge in [0.25, 0.3) is 5.89 Å². The van der Waals surface area contributed by atoms with Gasteiger partial charge in [0.1, 0.15) is 6.10 Å². The monoisotopic (exact) mass is 220 g/mol. The van der Waals surface area contributed by atoms with Crippen molar-refractivity contribution in [3.63, 3.8) is 0 Å². The molecule has 0 aliphatic rings. The third-order valence-corrected chi connectivity index (χ3v) is 2.15. The van der Waals surface area contributed by atoms with Crippen LogP contribution < -0.4 is 5.73 Å². The summed E-state index contributed by atoms with van der Waals surface area (Å²) in [4.78, 5) is 8.13. The van der Waals surface area contributed by atoms with Crippen molar-refractivity contribution < 1.29 is 9.26 Å². The summed E-state index contributed by atoms with van der Waals surface area (Å²) in [6.07, 6.45) is 2.98. The molecule has 0 saturated heterocycles. The molecule has 16 heavy (non-hydrogen) atoms. The Balaban J connectivity index is 2.26. The molecule has 0 aliphatic heterocycles. The number of pyridine rings is 1. The third-order valence-electron chi connectivity index (χ3n) is 2.15. The summed E-state index contributed by atoms with van der Waals surface area (Å²) in [5.74, 6) is 0.893. The number of aromatic nitrogens is 3. The third kappa shape index (κ3) is 2.07. The maximum Gasteiger partial charge on any atom is 0.257 e. The molecular formula is C10H12N4O2. The molecule has 6 heteroatoms. The van der Waals surface area contributed by atoms with E-state index in [9.17, 15) is 0 Å². The smallest absolute Gasteiger partial charge is 0.257 e. The van der Waals surface area contributed by atoms with E-state index in [4.69, 9.17) is 15.0 Å². The van der Waals surface area contributed by atoms with E-state index in [2.05, 4.69) is 15.1 Å². The summed E-state index contributed by atoms with van der Waals surface area (Å²) >= 11 is 0. The van der Waals surface area contributed by atoms with Gasteiger partial charge in [-0.05, 0) is 12.1 Å². The van der Waals surface area contributed by atoms with Crippen molar-refractivity contribution in [2.24, 2.45) is 5.73 Å². The van der Waals surface area contributed by atoms with Gasteiger partial charge in [0.15, 0.2) is 0 Å². The number of methoxy groups -OCH3 is 1. The number of hydrogen-bond donors (Lipinski definition) is 1. The van der Waals surface area contributed by atoms with Crippen LogP contribution in [0.25, 0.3) is 11.4 Å². The summed E-state index contributed by atoms with van der Waals surface area (Å²) in [5, 5.41) is 3.85. The van der Waals surface area contributed by atoms with E-state index in [1.54, 1.807) is 31.6 Å². The molecule has 0 spiro atoms. The fourth-order valence-corrected chi connectivity index (χ4v) is 1.28. The van der Waals surface area contributed by atoms with E-state index in [0.29, 0.717) is 18.3 Å². The predicted molar refractivity (Wildman–Crippen MR) is 56.3 cm³/mol. The Bertz CT molecular complexity index is 439. The van der Waals surface area contributed by atoms with Crippen LogP contribution in [0, 0.1) is 0 Å². The van der Waals surface area contributed by atoms with Crippen molar-refractivity contribution in [2.75, 3.05) is 13.7 Å². The average molecular weight is 220 g/mol. The lowest BCUT2D eigenvalue weighted by Crippen LogP contribution is -2.14. The Hall–Kier alpha value is -1.79. The summed E-state index contributed by atoms with van der Waals surface area (Å²) in [5.41, 5.74) is 6.34. The van der Waals surface area contributed by atoms with E-state index in [0.717, 1.165) is 5.56 Å². The molecule has 1 atom stereocenters. The zero-order valence-corrected chi connectivity index (χ0v) is 8.83. The molecule has 0 amide bonds. The SMILES string of the molecule is COC(CN)c1nc(-c2ccncc2)no1. The first-order valence-electron chi connectivity index (χ1n) is 4.82. The lowest BCUT2D eigenvalue weighted by atomic mass is 10.2. The molecule has 2 aromatic rings. The number of nitrogens with zero attached hydrogens (tertiary/aromatic N) is 3. The molecule has 1 unspecified atom stereocenters. The number of ether oxygens (including phenoxy) is 1. The highest BCUT2D eigenvalue weighted by Crippen LogP contribution is 2.18. The molecule has 0 bridgehead atoms. The first kappa shape index (κ1) is 10.7. The average Bonchev–Trinajstić information content (AvgIpc) is 2.81. The molecule has 0 radical (unpaired) electrons. The van der Waals surface area contributed by atoms with Crippen molar-refractivity contribution in [3.05, 3.63) is 30.4 Å². The van der Waals surface area contributed by atoms with Crippen LogP contribution in [0.3, 0.4) is 0 Å². The quantitative estimate of drug-likeness (QED) is 0.819. The number of hydrogen-bond acceptors (Lipinski definition) is 6. The first-order valence-corrected chi connectivity index (χ1v) is 4.82. The Morgan fingerprint density at radius 1 is 1.44 bits per heavy atom. The van der Waals surface area contributed by atoms with E-state index in [1.165, 1.54) is 0 Å². The fourth-order valence-electron chi connectivity index (χ4n) is 1.28. The molecule has 6 nitrogen and oxygen atoms in total. The summed E-state index contributed by atoms with van der Waals surface area (Å²) in [7, 11) is 1.55. The highest BCUT2D eigenvalue weighted by Gasteiger charge is 2.17. The minimum absolute atomic E-state index is 0.300. The van der Waals surface area contributed by atoms with Crippen molar-refractivity contribution >= 4 is 0 Å². The Morgan fingerprint density at radius 3 is 2.81 bits per heavy atom. The van der Waals surface area contributed by atoms with Crippen molar-refractivity contribution in [3.8, 4) is 11.4 Å². The molecule has 84 valence electrons. The maximum atomic E-state index is 5.50. The Morgan fingerprint density at radius 2 is 2.19 bits per heavy atom. The summed E-state index contributed by atoms with van der Waals surface area (Å²) in [6.45, 7) is 0.300. The van der Waals surface area contributed by atoms with Crippen LogP contribution in [-0.2, 0) is 4.74 Å². The molecule has 0 aliphatic carbocycles. The molecule has 0 fully saturated rings. The maximum absolute atomic E-state index is 5.50. The minimum Gasteiger partial charge on any atom is -0.370 e. The number of rotatable bonds is 4. The van der Waals surface area contributed by atoms with Crippen molar-refractivity contribution in [1.82, 2.24) is 15.1 Å². The van der Waals surface area contributed by atoms with E-state index < -0.39 is 0 Å². The van der Waals surface area contributed by atoms with Gasteiger partial charge >= 0.3 is 0 Å².